The summed E-state index contributed by atoms with van der Waals surface area (Å²) in [5.41, 5.74) is 8.44. The van der Waals surface area contributed by atoms with Crippen molar-refractivity contribution in [1.29, 1.82) is 0 Å². The second-order valence-electron chi connectivity index (χ2n) is 12.5. The Labute approximate surface area is 258 Å². The zero-order valence-corrected chi connectivity index (χ0v) is 27.3. The first kappa shape index (κ1) is 33.4. The van der Waals surface area contributed by atoms with Crippen LogP contribution in [-0.4, -0.2) is 6.15 Å². The normalized spacial score (nSPS) is 11.2. The molecule has 0 amide bonds. The van der Waals surface area contributed by atoms with Gasteiger partial charge in [0, 0.05) is 12.1 Å². The van der Waals surface area contributed by atoms with Crippen LogP contribution in [-0.2, 0) is 6.54 Å². The Bertz CT molecular complexity index is 1130. The van der Waals surface area contributed by atoms with E-state index >= 15 is 0 Å². The molecule has 0 bridgehead atoms. The molecule has 1 aromatic heterocycles. The van der Waals surface area contributed by atoms with Crippen molar-refractivity contribution >= 4 is 22.5 Å². The van der Waals surface area contributed by atoms with Gasteiger partial charge < -0.3 is 0 Å². The minimum absolute atomic E-state index is 0.993. The van der Waals surface area contributed by atoms with Crippen molar-refractivity contribution < 1.29 is 4.57 Å². The molecule has 42 heavy (non-hydrogen) atoms. The summed E-state index contributed by atoms with van der Waals surface area (Å²) in [5.74, 6) is 0. The Morgan fingerprint density at radius 3 is 1.14 bits per heavy atom. The molecule has 1 heterocycles. The van der Waals surface area contributed by atoms with Gasteiger partial charge in [0.15, 0.2) is 12.4 Å². The summed E-state index contributed by atoms with van der Waals surface area (Å²) in [7, 11) is 0. The Hall–Kier alpha value is -3.13. The second kappa shape index (κ2) is 18.4. The molecular weight excluding hydrogens is 505 g/mol. The van der Waals surface area contributed by atoms with Crippen molar-refractivity contribution in [3.8, 4) is 0 Å². The van der Waals surface area contributed by atoms with Crippen LogP contribution in [0.5, 0.6) is 0 Å². The highest BCUT2D eigenvalue weighted by atomic mass is 14.9. The predicted octanol–water partition coefficient (Wildman–Crippen LogP) is 9.00. The number of pyridine rings is 1. The molecule has 0 aliphatic heterocycles. The van der Waals surface area contributed by atoms with Gasteiger partial charge in [-0.1, -0.05) is 167 Å². The fourth-order valence-electron chi connectivity index (χ4n) is 6.35. The van der Waals surface area contributed by atoms with Crippen LogP contribution in [0, 0.1) is 20.8 Å². The first-order valence-electron chi connectivity index (χ1n) is 16.8. The van der Waals surface area contributed by atoms with Gasteiger partial charge in [-0.3, -0.25) is 0 Å². The van der Waals surface area contributed by atoms with Crippen LogP contribution in [0.3, 0.4) is 0 Å². The first-order chi connectivity index (χ1) is 20.5. The Balaban J connectivity index is 0.000000521. The second-order valence-corrected chi connectivity index (χ2v) is 12.5. The van der Waals surface area contributed by atoms with Crippen LogP contribution >= 0.6 is 0 Å². The summed E-state index contributed by atoms with van der Waals surface area (Å²) >= 11 is 0. The Morgan fingerprint density at radius 1 is 0.452 bits per heavy atom. The van der Waals surface area contributed by atoms with Gasteiger partial charge in [-0.25, -0.2) is 4.57 Å². The summed E-state index contributed by atoms with van der Waals surface area (Å²) < 4.78 is 2.12. The SMILES string of the molecule is CCCCCCCCCCCC[B-](c1ccc(C)cc1)(c1ccc(C)cc1)c1ccc(C)cc1.CC[n+]1ccccc1. The number of unbranched alkanes of at least 4 members (excludes halogenated alkanes) is 9. The summed E-state index contributed by atoms with van der Waals surface area (Å²) in [6.07, 6.45) is 18.1. The van der Waals surface area contributed by atoms with E-state index in [1.54, 1.807) is 0 Å². The highest BCUT2D eigenvalue weighted by molar-refractivity contribution is 7.11. The van der Waals surface area contributed by atoms with Crippen molar-refractivity contribution in [2.24, 2.45) is 0 Å². The topological polar surface area (TPSA) is 3.88 Å². The van der Waals surface area contributed by atoms with Crippen molar-refractivity contribution in [1.82, 2.24) is 0 Å². The average Bonchev–Trinajstić information content (AvgIpc) is 3.02. The van der Waals surface area contributed by atoms with Crippen LogP contribution in [0.25, 0.3) is 0 Å². The maximum Gasteiger partial charge on any atom is 0.168 e. The fourth-order valence-corrected chi connectivity index (χ4v) is 6.35. The third-order valence-electron chi connectivity index (χ3n) is 9.07. The van der Waals surface area contributed by atoms with Crippen LogP contribution in [0.2, 0.25) is 6.32 Å². The fraction of sp³-hybridized carbons (Fsp3) is 0.425. The quantitative estimate of drug-likeness (QED) is 0.0775. The molecule has 4 rings (SSSR count). The standard InChI is InChI=1S/C33H46B.C7H10N/c1-5-6-7-8-9-10-11-12-13-14-27-34(31-21-15-28(2)16-22-31,32-23-17-29(3)18-24-32)33-25-19-30(4)20-26-33;1-2-8-6-4-3-5-7-8/h15-26H,5-14,27H2,1-4H3;3-7H,2H2,1H3/q-1;+1. The lowest BCUT2D eigenvalue weighted by atomic mass is 9.14. The van der Waals surface area contributed by atoms with Gasteiger partial charge in [0.2, 0.25) is 0 Å². The summed E-state index contributed by atoms with van der Waals surface area (Å²) in [6, 6.07) is 34.2. The highest BCUT2D eigenvalue weighted by Gasteiger charge is 2.29. The van der Waals surface area contributed by atoms with Gasteiger partial charge in [0.05, 0.1) is 6.15 Å². The van der Waals surface area contributed by atoms with E-state index in [4.69, 9.17) is 0 Å². The number of rotatable bonds is 15. The molecule has 0 atom stereocenters. The van der Waals surface area contributed by atoms with Gasteiger partial charge in [0.25, 0.3) is 0 Å². The zero-order chi connectivity index (χ0) is 30.0. The van der Waals surface area contributed by atoms with Gasteiger partial charge in [-0.05, 0) is 27.7 Å². The molecular formula is C40H56BN. The lowest BCUT2D eigenvalue weighted by Crippen LogP contribution is -2.67. The molecule has 3 aromatic carbocycles. The first-order valence-corrected chi connectivity index (χ1v) is 16.8. The number of aromatic nitrogens is 1. The minimum Gasteiger partial charge on any atom is -0.205 e. The van der Waals surface area contributed by atoms with Gasteiger partial charge in [-0.2, -0.15) is 22.7 Å². The lowest BCUT2D eigenvalue weighted by Gasteiger charge is -2.43. The molecule has 0 fully saturated rings. The van der Waals surface area contributed by atoms with Gasteiger partial charge in [-0.15, -0.1) is 0 Å². The van der Waals surface area contributed by atoms with Crippen molar-refractivity contribution in [2.75, 3.05) is 0 Å². The molecule has 2 heteroatoms. The van der Waals surface area contributed by atoms with E-state index in [-0.39, 0.29) is 0 Å². The van der Waals surface area contributed by atoms with Crippen molar-refractivity contribution in [3.05, 3.63) is 120 Å². The predicted molar refractivity (Wildman–Crippen MR) is 187 cm³/mol. The van der Waals surface area contributed by atoms with E-state index in [0.717, 1.165) is 6.54 Å². The number of hydrogen-bond donors (Lipinski definition) is 0. The monoisotopic (exact) mass is 561 g/mol. The molecule has 0 radical (unpaired) electrons. The van der Waals surface area contributed by atoms with E-state index in [9.17, 15) is 0 Å². The van der Waals surface area contributed by atoms with E-state index in [1.807, 2.05) is 18.2 Å². The number of benzene rings is 3. The smallest absolute Gasteiger partial charge is 0.168 e. The largest absolute Gasteiger partial charge is 0.205 e. The molecule has 0 unspecified atom stereocenters. The Kier molecular flexibility index (Phi) is 14.6. The van der Waals surface area contributed by atoms with E-state index in [1.165, 1.54) is 104 Å². The van der Waals surface area contributed by atoms with E-state index in [0.29, 0.717) is 0 Å². The maximum absolute atomic E-state index is 2.39. The zero-order valence-electron chi connectivity index (χ0n) is 27.3. The number of hydrogen-bond acceptors (Lipinski definition) is 0. The molecule has 0 saturated carbocycles. The minimum atomic E-state index is -0.993. The molecule has 1 nitrogen and oxygen atoms in total. The molecule has 0 spiro atoms. The molecule has 0 N–H and O–H groups in total. The van der Waals surface area contributed by atoms with Crippen LogP contribution < -0.4 is 21.0 Å². The third-order valence-corrected chi connectivity index (χ3v) is 9.07. The van der Waals surface area contributed by atoms with Gasteiger partial charge in [0.1, 0.15) is 6.54 Å². The molecule has 0 saturated heterocycles. The van der Waals surface area contributed by atoms with Crippen LogP contribution in [0.15, 0.2) is 103 Å². The van der Waals surface area contributed by atoms with Crippen LogP contribution in [0.1, 0.15) is 94.7 Å². The summed E-state index contributed by atoms with van der Waals surface area (Å²) in [6.45, 7) is 12.1. The molecule has 4 aromatic rings. The van der Waals surface area contributed by atoms with E-state index < -0.39 is 6.15 Å². The lowest BCUT2D eigenvalue weighted by molar-refractivity contribution is -0.693. The molecule has 0 aliphatic carbocycles. The van der Waals surface area contributed by atoms with Crippen molar-refractivity contribution in [3.63, 3.8) is 0 Å². The average molecular weight is 562 g/mol. The molecule has 0 aliphatic rings. The number of aryl methyl sites for hydroxylation is 4. The molecule has 224 valence electrons. The third kappa shape index (κ3) is 10.3. The maximum atomic E-state index is 2.39. The van der Waals surface area contributed by atoms with E-state index in [2.05, 4.69) is 124 Å². The van der Waals surface area contributed by atoms with Crippen LogP contribution in [0.4, 0.5) is 0 Å². The Morgan fingerprint density at radius 2 is 0.810 bits per heavy atom. The van der Waals surface area contributed by atoms with Gasteiger partial charge >= 0.3 is 0 Å². The van der Waals surface area contributed by atoms with Crippen molar-refractivity contribution in [2.45, 2.75) is 112 Å². The highest BCUT2D eigenvalue weighted by Crippen LogP contribution is 2.20. The summed E-state index contributed by atoms with van der Waals surface area (Å²) in [5, 5.41) is 0. The number of nitrogens with zero attached hydrogens (tertiary/aromatic N) is 1. The summed E-state index contributed by atoms with van der Waals surface area (Å²) in [4.78, 5) is 0.